The lowest BCUT2D eigenvalue weighted by Crippen LogP contribution is -2.34. The molecule has 2 aromatic rings. The van der Waals surface area contributed by atoms with Crippen LogP contribution < -0.4 is 4.74 Å². The Morgan fingerprint density at radius 1 is 1.29 bits per heavy atom. The van der Waals surface area contributed by atoms with Gasteiger partial charge in [-0.3, -0.25) is 4.68 Å². The van der Waals surface area contributed by atoms with Gasteiger partial charge in [0.2, 0.25) is 5.88 Å². The number of rotatable bonds is 6. The Labute approximate surface area is 142 Å². The van der Waals surface area contributed by atoms with Crippen molar-refractivity contribution in [1.29, 1.82) is 0 Å². The minimum absolute atomic E-state index is 0.346. The van der Waals surface area contributed by atoms with E-state index in [4.69, 9.17) is 4.74 Å². The Morgan fingerprint density at radius 3 is 2.75 bits per heavy atom. The molecule has 0 amide bonds. The third-order valence-electron chi connectivity index (χ3n) is 4.08. The highest BCUT2D eigenvalue weighted by molar-refractivity contribution is 5.20. The summed E-state index contributed by atoms with van der Waals surface area (Å²) in [5.74, 6) is 0.632. The highest BCUT2D eigenvalue weighted by Crippen LogP contribution is 2.26. The number of allylic oxidation sites excluding steroid dienone is 1. The van der Waals surface area contributed by atoms with E-state index in [9.17, 15) is 4.39 Å². The van der Waals surface area contributed by atoms with Crippen LogP contribution >= 0.6 is 0 Å². The molecule has 0 saturated carbocycles. The summed E-state index contributed by atoms with van der Waals surface area (Å²) in [4.78, 5) is 2.12. The van der Waals surface area contributed by atoms with Crippen LogP contribution in [-0.2, 0) is 19.7 Å². The van der Waals surface area contributed by atoms with Gasteiger partial charge in [0.05, 0.1) is 18.8 Å². The molecule has 0 N–H and O–H groups in total. The molecule has 1 aromatic heterocycles. The van der Waals surface area contributed by atoms with Gasteiger partial charge >= 0.3 is 0 Å². The van der Waals surface area contributed by atoms with E-state index in [2.05, 4.69) is 16.6 Å². The van der Waals surface area contributed by atoms with E-state index in [1.54, 1.807) is 13.8 Å². The number of aromatic nitrogens is 2. The van der Waals surface area contributed by atoms with Gasteiger partial charge in [-0.25, -0.2) is 4.39 Å². The lowest BCUT2D eigenvalue weighted by Gasteiger charge is -2.32. The number of hydrogen-bond acceptors (Lipinski definition) is 3. The number of ether oxygens (including phenoxy) is 1. The SMILES string of the molecule is C=C(CC(C)(C)F)N1CCn2nc(OCc3ccccc3)cc2C1. The summed E-state index contributed by atoms with van der Waals surface area (Å²) >= 11 is 0. The summed E-state index contributed by atoms with van der Waals surface area (Å²) in [7, 11) is 0. The predicted molar refractivity (Wildman–Crippen MR) is 92.4 cm³/mol. The molecule has 0 radical (unpaired) electrons. The van der Waals surface area contributed by atoms with Crippen molar-refractivity contribution in [2.45, 2.75) is 45.6 Å². The highest BCUT2D eigenvalue weighted by Gasteiger charge is 2.24. The van der Waals surface area contributed by atoms with E-state index in [-0.39, 0.29) is 0 Å². The molecule has 128 valence electrons. The van der Waals surface area contributed by atoms with Crippen molar-refractivity contribution in [3.05, 3.63) is 59.9 Å². The molecule has 3 rings (SSSR count). The van der Waals surface area contributed by atoms with E-state index >= 15 is 0 Å². The van der Waals surface area contributed by atoms with Gasteiger partial charge in [0.1, 0.15) is 12.3 Å². The molecule has 0 bridgehead atoms. The number of nitrogens with zero attached hydrogens (tertiary/aromatic N) is 3. The second-order valence-electron chi connectivity index (χ2n) is 6.85. The zero-order valence-electron chi connectivity index (χ0n) is 14.3. The highest BCUT2D eigenvalue weighted by atomic mass is 19.1. The zero-order chi connectivity index (χ0) is 17.2. The third-order valence-corrected chi connectivity index (χ3v) is 4.08. The van der Waals surface area contributed by atoms with Crippen LogP contribution in [0.15, 0.2) is 48.7 Å². The second-order valence-corrected chi connectivity index (χ2v) is 6.85. The normalized spacial score (nSPS) is 14.4. The molecule has 1 aromatic carbocycles. The molecule has 0 fully saturated rings. The van der Waals surface area contributed by atoms with Crippen LogP contribution in [0.2, 0.25) is 0 Å². The summed E-state index contributed by atoms with van der Waals surface area (Å²) in [6, 6.07) is 12.0. The smallest absolute Gasteiger partial charge is 0.233 e. The standard InChI is InChI=1S/C19H24FN3O/c1-15(12-19(2,3)20)22-9-10-23-17(13-22)11-18(21-23)24-14-16-7-5-4-6-8-16/h4-8,11H,1,9-10,12-14H2,2-3H3. The van der Waals surface area contributed by atoms with Gasteiger partial charge in [-0.05, 0) is 19.4 Å². The second kappa shape index (κ2) is 6.67. The van der Waals surface area contributed by atoms with Crippen LogP contribution in [0.4, 0.5) is 4.39 Å². The fourth-order valence-corrected chi connectivity index (χ4v) is 2.91. The summed E-state index contributed by atoms with van der Waals surface area (Å²) in [5, 5.41) is 4.50. The van der Waals surface area contributed by atoms with Crippen molar-refractivity contribution in [2.24, 2.45) is 0 Å². The Hall–Kier alpha value is -2.30. The number of hydrogen-bond donors (Lipinski definition) is 0. The third kappa shape index (κ3) is 4.16. The molecule has 5 heteroatoms. The largest absolute Gasteiger partial charge is 0.472 e. The number of benzene rings is 1. The molecule has 4 nitrogen and oxygen atoms in total. The number of halogens is 1. The van der Waals surface area contributed by atoms with Crippen molar-refractivity contribution in [1.82, 2.24) is 14.7 Å². The Kier molecular flexibility index (Phi) is 4.60. The molecular formula is C19H24FN3O. The molecule has 1 aliphatic heterocycles. The first-order valence-electron chi connectivity index (χ1n) is 8.26. The van der Waals surface area contributed by atoms with Crippen LogP contribution in [0.5, 0.6) is 5.88 Å². The van der Waals surface area contributed by atoms with E-state index < -0.39 is 5.67 Å². The molecule has 0 aliphatic carbocycles. The number of alkyl halides is 1. The van der Waals surface area contributed by atoms with Gasteiger partial charge in [-0.1, -0.05) is 36.9 Å². The van der Waals surface area contributed by atoms with Crippen LogP contribution in [0, 0.1) is 0 Å². The minimum atomic E-state index is -1.24. The van der Waals surface area contributed by atoms with E-state index in [1.165, 1.54) is 0 Å². The van der Waals surface area contributed by atoms with Crippen LogP contribution in [-0.4, -0.2) is 26.9 Å². The van der Waals surface area contributed by atoms with Crippen molar-refractivity contribution in [3.8, 4) is 5.88 Å². The molecule has 2 heterocycles. The van der Waals surface area contributed by atoms with Gasteiger partial charge in [0.15, 0.2) is 0 Å². The van der Waals surface area contributed by atoms with Gasteiger partial charge in [-0.15, -0.1) is 5.10 Å². The Bertz CT molecular complexity index is 703. The fraction of sp³-hybridized carbons (Fsp3) is 0.421. The summed E-state index contributed by atoms with van der Waals surface area (Å²) in [6.45, 7) is 9.96. The lowest BCUT2D eigenvalue weighted by molar-refractivity contribution is 0.180. The first-order valence-corrected chi connectivity index (χ1v) is 8.26. The summed E-state index contributed by atoms with van der Waals surface area (Å²) < 4.78 is 21.6. The quantitative estimate of drug-likeness (QED) is 0.804. The van der Waals surface area contributed by atoms with Crippen LogP contribution in [0.3, 0.4) is 0 Å². The fourth-order valence-electron chi connectivity index (χ4n) is 2.91. The van der Waals surface area contributed by atoms with Crippen molar-refractivity contribution >= 4 is 0 Å². The van der Waals surface area contributed by atoms with E-state index in [0.717, 1.165) is 30.0 Å². The first kappa shape index (κ1) is 16.6. The molecule has 0 saturated heterocycles. The zero-order valence-corrected chi connectivity index (χ0v) is 14.3. The molecule has 24 heavy (non-hydrogen) atoms. The molecule has 0 spiro atoms. The summed E-state index contributed by atoms with van der Waals surface area (Å²) in [6.07, 6.45) is 0.346. The monoisotopic (exact) mass is 329 g/mol. The topological polar surface area (TPSA) is 30.3 Å². The first-order chi connectivity index (χ1) is 11.4. The van der Waals surface area contributed by atoms with Gasteiger partial charge in [0.25, 0.3) is 0 Å². The van der Waals surface area contributed by atoms with Crippen molar-refractivity contribution in [3.63, 3.8) is 0 Å². The van der Waals surface area contributed by atoms with Crippen molar-refractivity contribution in [2.75, 3.05) is 6.54 Å². The van der Waals surface area contributed by atoms with E-state index in [0.29, 0.717) is 25.5 Å². The lowest BCUT2D eigenvalue weighted by atomic mass is 10.0. The van der Waals surface area contributed by atoms with Gasteiger partial charge < -0.3 is 9.64 Å². The Morgan fingerprint density at radius 2 is 2.04 bits per heavy atom. The maximum Gasteiger partial charge on any atom is 0.233 e. The predicted octanol–water partition coefficient (Wildman–Crippen LogP) is 3.93. The molecule has 0 atom stereocenters. The van der Waals surface area contributed by atoms with Crippen LogP contribution in [0.1, 0.15) is 31.5 Å². The van der Waals surface area contributed by atoms with Crippen LogP contribution in [0.25, 0.3) is 0 Å². The molecular weight excluding hydrogens is 305 g/mol. The average molecular weight is 329 g/mol. The molecule has 1 aliphatic rings. The average Bonchev–Trinajstić information content (AvgIpc) is 2.94. The van der Waals surface area contributed by atoms with E-state index in [1.807, 2.05) is 41.1 Å². The van der Waals surface area contributed by atoms with Gasteiger partial charge in [-0.2, -0.15) is 0 Å². The maximum absolute atomic E-state index is 13.8. The van der Waals surface area contributed by atoms with Crippen molar-refractivity contribution < 1.29 is 9.13 Å². The number of fused-ring (bicyclic) bond motifs is 1. The summed E-state index contributed by atoms with van der Waals surface area (Å²) in [5.41, 5.74) is 1.78. The molecule has 0 unspecified atom stereocenters. The Balaban J connectivity index is 1.61. The minimum Gasteiger partial charge on any atom is -0.472 e. The van der Waals surface area contributed by atoms with Gasteiger partial charge in [0, 0.05) is 24.7 Å². The maximum atomic E-state index is 13.8.